The van der Waals surface area contributed by atoms with E-state index in [9.17, 15) is 4.79 Å². The molecule has 0 bridgehead atoms. The molecule has 2 aromatic rings. The van der Waals surface area contributed by atoms with Gasteiger partial charge in [-0.1, -0.05) is 0 Å². The van der Waals surface area contributed by atoms with Gasteiger partial charge in [0.2, 0.25) is 0 Å². The second-order valence-electron chi connectivity index (χ2n) is 4.61. The van der Waals surface area contributed by atoms with Crippen LogP contribution in [-0.4, -0.2) is 33.9 Å². The molecule has 0 aliphatic heterocycles. The number of aromatic nitrogens is 2. The van der Waals surface area contributed by atoms with Gasteiger partial charge in [0.15, 0.2) is 0 Å². The molecule has 0 saturated heterocycles. The highest BCUT2D eigenvalue weighted by atomic mass is 32.1. The number of nitrogens with zero attached hydrogens (tertiary/aromatic N) is 3. The van der Waals surface area contributed by atoms with E-state index in [1.807, 2.05) is 33.0 Å². The Labute approximate surface area is 129 Å². The predicted octanol–water partition coefficient (Wildman–Crippen LogP) is 2.94. The van der Waals surface area contributed by atoms with Crippen molar-refractivity contribution in [2.45, 2.75) is 27.3 Å². The van der Waals surface area contributed by atoms with Crippen LogP contribution in [-0.2, 0) is 6.54 Å². The summed E-state index contributed by atoms with van der Waals surface area (Å²) >= 11 is 1.67. The van der Waals surface area contributed by atoms with Crippen molar-refractivity contribution in [1.82, 2.24) is 14.9 Å². The number of nitrogens with one attached hydrogen (secondary N) is 1. The molecule has 0 aliphatic carbocycles. The molecular weight excluding hydrogens is 284 g/mol. The number of thiazole rings is 1. The zero-order valence-electron chi connectivity index (χ0n) is 12.6. The average Bonchev–Trinajstić information content (AvgIpc) is 2.92. The van der Waals surface area contributed by atoms with Crippen LogP contribution in [0, 0.1) is 6.92 Å². The first kappa shape index (κ1) is 15.4. The Balaban J connectivity index is 2.05. The molecule has 0 atom stereocenters. The van der Waals surface area contributed by atoms with E-state index in [0.717, 1.165) is 10.7 Å². The smallest absolute Gasteiger partial charge is 0.272 e. The molecule has 0 fully saturated rings. The third kappa shape index (κ3) is 4.01. The highest BCUT2D eigenvalue weighted by Gasteiger charge is 2.14. The molecule has 0 unspecified atom stereocenters. The van der Waals surface area contributed by atoms with Crippen molar-refractivity contribution in [2.75, 3.05) is 18.4 Å². The number of aryl methyl sites for hydroxylation is 1. The Morgan fingerprint density at radius 1 is 1.33 bits per heavy atom. The minimum absolute atomic E-state index is 0.0303. The summed E-state index contributed by atoms with van der Waals surface area (Å²) in [6.45, 7) is 8.00. The van der Waals surface area contributed by atoms with Gasteiger partial charge >= 0.3 is 0 Å². The van der Waals surface area contributed by atoms with Crippen LogP contribution in [0.5, 0.6) is 0 Å². The summed E-state index contributed by atoms with van der Waals surface area (Å²) in [7, 11) is 0. The van der Waals surface area contributed by atoms with E-state index in [4.69, 9.17) is 0 Å². The first-order valence-electron chi connectivity index (χ1n) is 7.04. The number of amides is 1. The van der Waals surface area contributed by atoms with Gasteiger partial charge in [-0.3, -0.25) is 9.78 Å². The van der Waals surface area contributed by atoms with Gasteiger partial charge in [0, 0.05) is 36.0 Å². The van der Waals surface area contributed by atoms with Gasteiger partial charge < -0.3 is 10.2 Å². The topological polar surface area (TPSA) is 58.1 Å². The van der Waals surface area contributed by atoms with Gasteiger partial charge in [-0.25, -0.2) is 4.98 Å². The largest absolute Gasteiger partial charge is 0.380 e. The third-order valence-corrected chi connectivity index (χ3v) is 4.08. The van der Waals surface area contributed by atoms with Gasteiger partial charge in [-0.05, 0) is 32.9 Å². The molecule has 2 rings (SSSR count). The number of pyridine rings is 1. The molecule has 0 radical (unpaired) electrons. The first-order chi connectivity index (χ1) is 10.1. The summed E-state index contributed by atoms with van der Waals surface area (Å²) in [6.07, 6.45) is 3.53. The lowest BCUT2D eigenvalue weighted by molar-refractivity contribution is 0.0767. The molecule has 1 N–H and O–H groups in total. The Bertz CT molecular complexity index is 607. The maximum Gasteiger partial charge on any atom is 0.272 e. The Hall–Kier alpha value is -1.95. The van der Waals surface area contributed by atoms with E-state index in [2.05, 4.69) is 15.3 Å². The van der Waals surface area contributed by atoms with Crippen LogP contribution >= 0.6 is 11.3 Å². The van der Waals surface area contributed by atoms with Crippen molar-refractivity contribution in [3.63, 3.8) is 0 Å². The molecule has 0 aliphatic rings. The van der Waals surface area contributed by atoms with Crippen LogP contribution in [0.3, 0.4) is 0 Å². The van der Waals surface area contributed by atoms with Crippen LogP contribution in [0.25, 0.3) is 0 Å². The van der Waals surface area contributed by atoms with Gasteiger partial charge in [-0.2, -0.15) is 0 Å². The lowest BCUT2D eigenvalue weighted by Crippen LogP contribution is -2.31. The van der Waals surface area contributed by atoms with Crippen molar-refractivity contribution >= 4 is 22.9 Å². The maximum atomic E-state index is 12.3. The van der Waals surface area contributed by atoms with Crippen molar-refractivity contribution in [2.24, 2.45) is 0 Å². The normalized spacial score (nSPS) is 10.4. The summed E-state index contributed by atoms with van der Waals surface area (Å²) in [5.74, 6) is -0.0303. The summed E-state index contributed by atoms with van der Waals surface area (Å²) in [5, 5.41) is 4.36. The fourth-order valence-electron chi connectivity index (χ4n) is 2.01. The van der Waals surface area contributed by atoms with Crippen molar-refractivity contribution in [1.29, 1.82) is 0 Å². The van der Waals surface area contributed by atoms with E-state index in [1.165, 1.54) is 4.88 Å². The zero-order valence-corrected chi connectivity index (χ0v) is 13.4. The van der Waals surface area contributed by atoms with Crippen molar-refractivity contribution in [3.05, 3.63) is 40.1 Å². The van der Waals surface area contributed by atoms with Gasteiger partial charge in [0.05, 0.1) is 11.6 Å². The summed E-state index contributed by atoms with van der Waals surface area (Å²) < 4.78 is 0. The number of carbonyl (C=O) groups is 1. The molecule has 21 heavy (non-hydrogen) atoms. The van der Waals surface area contributed by atoms with Crippen molar-refractivity contribution in [3.8, 4) is 0 Å². The summed E-state index contributed by atoms with van der Waals surface area (Å²) in [5.41, 5.74) is 1.37. The molecule has 112 valence electrons. The highest BCUT2D eigenvalue weighted by molar-refractivity contribution is 7.11. The molecule has 0 spiro atoms. The summed E-state index contributed by atoms with van der Waals surface area (Å²) in [6, 6.07) is 3.67. The Morgan fingerprint density at radius 3 is 2.71 bits per heavy atom. The molecular formula is C15H20N4OS. The van der Waals surface area contributed by atoms with E-state index < -0.39 is 0 Å². The zero-order chi connectivity index (χ0) is 15.2. The molecule has 1 amide bonds. The molecule has 5 nitrogen and oxygen atoms in total. The Kier molecular flexibility index (Phi) is 5.27. The fourth-order valence-corrected chi connectivity index (χ4v) is 2.74. The minimum Gasteiger partial charge on any atom is -0.380 e. The number of anilines is 1. The minimum atomic E-state index is -0.0303. The van der Waals surface area contributed by atoms with Crippen LogP contribution in [0.4, 0.5) is 5.69 Å². The molecule has 6 heteroatoms. The number of carbonyl (C=O) groups excluding carboxylic acids is 1. The van der Waals surface area contributed by atoms with E-state index in [1.54, 1.807) is 28.5 Å². The summed E-state index contributed by atoms with van der Waals surface area (Å²) in [4.78, 5) is 23.6. The number of hydrogen-bond acceptors (Lipinski definition) is 5. The van der Waals surface area contributed by atoms with Crippen LogP contribution in [0.1, 0.15) is 34.2 Å². The fraction of sp³-hybridized carbons (Fsp3) is 0.400. The number of rotatable bonds is 6. The second-order valence-corrected chi connectivity index (χ2v) is 5.93. The quantitative estimate of drug-likeness (QED) is 0.891. The van der Waals surface area contributed by atoms with Gasteiger partial charge in [0.25, 0.3) is 5.91 Å². The van der Waals surface area contributed by atoms with E-state index in [0.29, 0.717) is 25.3 Å². The molecule has 0 aromatic carbocycles. The van der Waals surface area contributed by atoms with Gasteiger partial charge in [-0.15, -0.1) is 11.3 Å². The van der Waals surface area contributed by atoms with Crippen LogP contribution in [0.15, 0.2) is 24.5 Å². The van der Waals surface area contributed by atoms with Crippen LogP contribution in [0.2, 0.25) is 0 Å². The third-order valence-electron chi connectivity index (χ3n) is 3.17. The van der Waals surface area contributed by atoms with Gasteiger partial charge in [0.1, 0.15) is 5.69 Å². The van der Waals surface area contributed by atoms with E-state index in [-0.39, 0.29) is 5.91 Å². The molecule has 0 saturated carbocycles. The standard InChI is InChI=1S/C15H20N4OS/c1-4-19(5-2)15(20)14-8-12(6-7-16-14)18-10-13-9-17-11(3)21-13/h6-9H,4-5,10H2,1-3H3,(H,16,18). The lowest BCUT2D eigenvalue weighted by Gasteiger charge is -2.18. The van der Waals surface area contributed by atoms with Crippen LogP contribution < -0.4 is 5.32 Å². The second kappa shape index (κ2) is 7.17. The number of hydrogen-bond donors (Lipinski definition) is 1. The van der Waals surface area contributed by atoms with E-state index >= 15 is 0 Å². The first-order valence-corrected chi connectivity index (χ1v) is 7.86. The average molecular weight is 304 g/mol. The lowest BCUT2D eigenvalue weighted by atomic mass is 10.2. The van der Waals surface area contributed by atoms with Crippen molar-refractivity contribution < 1.29 is 4.79 Å². The Morgan fingerprint density at radius 2 is 2.10 bits per heavy atom. The SMILES string of the molecule is CCN(CC)C(=O)c1cc(NCc2cnc(C)s2)ccn1. The molecule has 2 heterocycles. The highest BCUT2D eigenvalue weighted by Crippen LogP contribution is 2.15. The molecule has 2 aromatic heterocycles. The predicted molar refractivity (Wildman–Crippen MR) is 85.7 cm³/mol. The maximum absolute atomic E-state index is 12.3. The monoisotopic (exact) mass is 304 g/mol.